The highest BCUT2D eigenvalue weighted by Crippen LogP contribution is 2.32. The van der Waals surface area contributed by atoms with Gasteiger partial charge in [-0.15, -0.1) is 0 Å². The van der Waals surface area contributed by atoms with Gasteiger partial charge in [0.2, 0.25) is 5.91 Å². The molecule has 1 amide bonds. The number of rotatable bonds is 3. The van der Waals surface area contributed by atoms with Crippen molar-refractivity contribution in [3.05, 3.63) is 22.1 Å². The number of ether oxygens (including phenoxy) is 1. The van der Waals surface area contributed by atoms with Gasteiger partial charge in [0.15, 0.2) is 5.16 Å². The molecule has 0 bridgehead atoms. The first-order chi connectivity index (χ1) is 11.0. The molecule has 126 valence electrons. The first-order valence-corrected chi connectivity index (χ1v) is 9.15. The van der Waals surface area contributed by atoms with Gasteiger partial charge in [-0.3, -0.25) is 14.2 Å². The number of hydrogen-bond donors (Lipinski definition) is 0. The number of amides is 1. The zero-order valence-corrected chi connectivity index (χ0v) is 14.6. The Hall–Kier alpha value is -1.34. The van der Waals surface area contributed by atoms with Crippen LogP contribution in [0.1, 0.15) is 38.9 Å². The summed E-state index contributed by atoms with van der Waals surface area (Å²) in [6.07, 6.45) is 1.22. The van der Waals surface area contributed by atoms with Crippen LogP contribution < -0.4 is 5.56 Å². The molecule has 0 aliphatic carbocycles. The number of thioether (sulfide) groups is 1. The summed E-state index contributed by atoms with van der Waals surface area (Å²) in [5.41, 5.74) is 0.773. The van der Waals surface area contributed by atoms with Gasteiger partial charge in [0.25, 0.3) is 5.56 Å². The molecule has 0 spiro atoms. The summed E-state index contributed by atoms with van der Waals surface area (Å²) in [6.45, 7) is 7.20. The molecule has 1 aromatic heterocycles. The summed E-state index contributed by atoms with van der Waals surface area (Å²) in [6, 6.07) is 1.49. The molecule has 2 aliphatic rings. The summed E-state index contributed by atoms with van der Waals surface area (Å²) >= 11 is 1.57. The lowest BCUT2D eigenvalue weighted by Gasteiger charge is -2.35. The average molecular weight is 337 g/mol. The Morgan fingerprint density at radius 3 is 2.74 bits per heavy atom. The topological polar surface area (TPSA) is 64.4 Å². The highest BCUT2D eigenvalue weighted by Gasteiger charge is 2.31. The molecule has 3 atom stereocenters. The molecule has 0 radical (unpaired) electrons. The first kappa shape index (κ1) is 16.5. The second-order valence-electron chi connectivity index (χ2n) is 6.32. The molecule has 1 fully saturated rings. The van der Waals surface area contributed by atoms with Crippen LogP contribution in [-0.2, 0) is 16.0 Å². The Bertz CT molecular complexity index is 650. The van der Waals surface area contributed by atoms with Crippen molar-refractivity contribution in [3.63, 3.8) is 0 Å². The lowest BCUT2D eigenvalue weighted by molar-refractivity contribution is -0.143. The molecule has 23 heavy (non-hydrogen) atoms. The lowest BCUT2D eigenvalue weighted by atomic mass is 10.1. The van der Waals surface area contributed by atoms with Crippen LogP contribution in [0.5, 0.6) is 0 Å². The number of aromatic nitrogens is 2. The van der Waals surface area contributed by atoms with Crippen LogP contribution in [0.25, 0.3) is 0 Å². The van der Waals surface area contributed by atoms with Crippen LogP contribution in [0, 0.1) is 0 Å². The van der Waals surface area contributed by atoms with E-state index in [0.29, 0.717) is 19.5 Å². The van der Waals surface area contributed by atoms with Gasteiger partial charge in [-0.1, -0.05) is 18.7 Å². The van der Waals surface area contributed by atoms with E-state index in [1.165, 1.54) is 0 Å². The van der Waals surface area contributed by atoms with E-state index < -0.39 is 0 Å². The van der Waals surface area contributed by atoms with Crippen molar-refractivity contribution in [2.24, 2.45) is 0 Å². The van der Waals surface area contributed by atoms with Crippen LogP contribution in [0.4, 0.5) is 0 Å². The molecule has 0 saturated carbocycles. The van der Waals surface area contributed by atoms with Crippen molar-refractivity contribution in [1.82, 2.24) is 14.5 Å². The third kappa shape index (κ3) is 3.45. The Balaban J connectivity index is 1.74. The number of fused-ring (bicyclic) bond motifs is 1. The third-order valence-electron chi connectivity index (χ3n) is 4.29. The second kappa shape index (κ2) is 6.65. The number of hydrogen-bond acceptors (Lipinski definition) is 5. The quantitative estimate of drug-likeness (QED) is 0.782. The van der Waals surface area contributed by atoms with Crippen LogP contribution in [0.2, 0.25) is 0 Å². The van der Waals surface area contributed by atoms with E-state index in [-0.39, 0.29) is 29.7 Å². The van der Waals surface area contributed by atoms with Gasteiger partial charge in [-0.2, -0.15) is 0 Å². The van der Waals surface area contributed by atoms with Gasteiger partial charge in [0.05, 0.1) is 18.2 Å². The Kier molecular flexibility index (Phi) is 4.77. The number of carbonyl (C=O) groups is 1. The summed E-state index contributed by atoms with van der Waals surface area (Å²) in [5.74, 6) is 0.827. The molecule has 0 N–H and O–H groups in total. The van der Waals surface area contributed by atoms with Crippen molar-refractivity contribution in [2.75, 3.05) is 18.8 Å². The minimum Gasteiger partial charge on any atom is -0.372 e. The highest BCUT2D eigenvalue weighted by atomic mass is 32.2. The maximum atomic E-state index is 12.6. The normalized spacial score (nSPS) is 27.1. The zero-order valence-electron chi connectivity index (χ0n) is 13.8. The molecule has 3 unspecified atom stereocenters. The van der Waals surface area contributed by atoms with Gasteiger partial charge < -0.3 is 9.64 Å². The van der Waals surface area contributed by atoms with Gasteiger partial charge >= 0.3 is 0 Å². The van der Waals surface area contributed by atoms with Gasteiger partial charge in [0, 0.05) is 37.0 Å². The summed E-state index contributed by atoms with van der Waals surface area (Å²) < 4.78 is 7.36. The van der Waals surface area contributed by atoms with E-state index >= 15 is 0 Å². The summed E-state index contributed by atoms with van der Waals surface area (Å²) in [4.78, 5) is 31.3. The molecular formula is C16H23N3O3S. The number of carbonyl (C=O) groups excluding carboxylic acids is 1. The fourth-order valence-electron chi connectivity index (χ4n) is 3.24. The smallest absolute Gasteiger partial charge is 0.254 e. The van der Waals surface area contributed by atoms with E-state index in [2.05, 4.69) is 4.98 Å². The molecular weight excluding hydrogens is 314 g/mol. The predicted molar refractivity (Wildman–Crippen MR) is 88.8 cm³/mol. The molecule has 2 aliphatic heterocycles. The fraction of sp³-hybridized carbons (Fsp3) is 0.688. The minimum atomic E-state index is -0.0955. The molecule has 1 saturated heterocycles. The van der Waals surface area contributed by atoms with E-state index in [4.69, 9.17) is 4.74 Å². The van der Waals surface area contributed by atoms with E-state index in [1.54, 1.807) is 22.4 Å². The van der Waals surface area contributed by atoms with Crippen molar-refractivity contribution in [2.45, 2.75) is 57.0 Å². The summed E-state index contributed by atoms with van der Waals surface area (Å²) in [5, 5.41) is 0.746. The van der Waals surface area contributed by atoms with E-state index in [1.807, 2.05) is 25.7 Å². The highest BCUT2D eigenvalue weighted by molar-refractivity contribution is 7.99. The van der Waals surface area contributed by atoms with Gasteiger partial charge in [-0.05, 0) is 20.3 Å². The predicted octanol–water partition coefficient (Wildman–Crippen LogP) is 1.48. The largest absolute Gasteiger partial charge is 0.372 e. The molecule has 1 aromatic rings. The Morgan fingerprint density at radius 1 is 1.39 bits per heavy atom. The molecule has 0 aromatic carbocycles. The molecule has 7 heteroatoms. The van der Waals surface area contributed by atoms with Gasteiger partial charge in [0.1, 0.15) is 0 Å². The van der Waals surface area contributed by atoms with Crippen molar-refractivity contribution < 1.29 is 9.53 Å². The Labute approximate surface area is 140 Å². The standard InChI is InChI=1S/C16H23N3O3S/c1-4-12-5-15(21)19-13(9-23-16(19)17-12)6-14(20)18-7-10(2)22-11(3)8-18/h5,10-11,13H,4,6-9H2,1-3H3. The van der Waals surface area contributed by atoms with Crippen molar-refractivity contribution in [3.8, 4) is 0 Å². The van der Waals surface area contributed by atoms with Crippen molar-refractivity contribution in [1.29, 1.82) is 0 Å². The average Bonchev–Trinajstić information content (AvgIpc) is 2.89. The van der Waals surface area contributed by atoms with E-state index in [9.17, 15) is 9.59 Å². The molecule has 3 rings (SSSR count). The summed E-state index contributed by atoms with van der Waals surface area (Å²) in [7, 11) is 0. The number of nitrogens with zero attached hydrogens (tertiary/aromatic N) is 3. The third-order valence-corrected chi connectivity index (χ3v) is 5.39. The van der Waals surface area contributed by atoms with Crippen LogP contribution in [-0.4, -0.2) is 51.4 Å². The molecule has 3 heterocycles. The van der Waals surface area contributed by atoms with Crippen molar-refractivity contribution >= 4 is 17.7 Å². The van der Waals surface area contributed by atoms with Crippen LogP contribution in [0.15, 0.2) is 16.0 Å². The maximum absolute atomic E-state index is 12.6. The molecule has 6 nitrogen and oxygen atoms in total. The lowest BCUT2D eigenvalue weighted by Crippen LogP contribution is -2.48. The van der Waals surface area contributed by atoms with Crippen LogP contribution >= 0.6 is 11.8 Å². The Morgan fingerprint density at radius 2 is 2.09 bits per heavy atom. The maximum Gasteiger partial charge on any atom is 0.254 e. The fourth-order valence-corrected chi connectivity index (χ4v) is 4.41. The monoisotopic (exact) mass is 337 g/mol. The zero-order chi connectivity index (χ0) is 16.6. The van der Waals surface area contributed by atoms with Crippen LogP contribution in [0.3, 0.4) is 0 Å². The SMILES string of the molecule is CCc1cc(=O)n2c(n1)SCC2CC(=O)N1CC(C)OC(C)C1. The minimum absolute atomic E-state index is 0.0432. The number of morpholine rings is 1. The van der Waals surface area contributed by atoms with Gasteiger partial charge in [-0.25, -0.2) is 4.98 Å². The number of aryl methyl sites for hydroxylation is 1. The first-order valence-electron chi connectivity index (χ1n) is 8.16. The van der Waals surface area contributed by atoms with E-state index in [0.717, 1.165) is 23.0 Å². The second-order valence-corrected chi connectivity index (χ2v) is 7.30.